The lowest BCUT2D eigenvalue weighted by atomic mass is 10.1. The smallest absolute Gasteiger partial charge is 0.260 e. The highest BCUT2D eigenvalue weighted by Crippen LogP contribution is 2.23. The summed E-state index contributed by atoms with van der Waals surface area (Å²) in [6.07, 6.45) is 0. The molecule has 1 aliphatic rings. The standard InChI is InChI=1S/C23H23ClN4O2/c1-17-6-8-18(9-7-17)20-10-11-22(26-25-20)27-12-14-28(15-13-27)23(29)16-30-21-5-3-2-4-19(21)24/h2-11H,12-16H2,1H3. The molecular formula is C23H23ClN4O2. The van der Waals surface area contributed by atoms with Gasteiger partial charge >= 0.3 is 0 Å². The molecule has 1 aliphatic heterocycles. The van der Waals surface area contributed by atoms with Crippen molar-refractivity contribution in [3.8, 4) is 17.0 Å². The fourth-order valence-corrected chi connectivity index (χ4v) is 3.54. The molecule has 0 spiro atoms. The van der Waals surface area contributed by atoms with E-state index < -0.39 is 0 Å². The number of nitrogens with zero attached hydrogens (tertiary/aromatic N) is 4. The maximum Gasteiger partial charge on any atom is 0.260 e. The Hall–Kier alpha value is -3.12. The highest BCUT2D eigenvalue weighted by atomic mass is 35.5. The molecule has 1 aromatic heterocycles. The van der Waals surface area contributed by atoms with Crippen molar-refractivity contribution in [1.29, 1.82) is 0 Å². The summed E-state index contributed by atoms with van der Waals surface area (Å²) in [4.78, 5) is 16.4. The van der Waals surface area contributed by atoms with E-state index in [0.29, 0.717) is 37.0 Å². The minimum absolute atomic E-state index is 0.0191. The van der Waals surface area contributed by atoms with Gasteiger partial charge in [-0.2, -0.15) is 0 Å². The van der Waals surface area contributed by atoms with Gasteiger partial charge in [-0.3, -0.25) is 4.79 Å². The molecule has 3 aromatic rings. The first-order chi connectivity index (χ1) is 14.6. The van der Waals surface area contributed by atoms with Crippen molar-refractivity contribution >= 4 is 23.3 Å². The number of hydrogen-bond acceptors (Lipinski definition) is 5. The summed E-state index contributed by atoms with van der Waals surface area (Å²) in [5, 5.41) is 9.27. The van der Waals surface area contributed by atoms with Crippen molar-refractivity contribution in [3.05, 3.63) is 71.2 Å². The normalized spacial score (nSPS) is 13.9. The molecule has 1 fully saturated rings. The number of para-hydroxylation sites is 1. The van der Waals surface area contributed by atoms with Gasteiger partial charge in [0.2, 0.25) is 0 Å². The number of rotatable bonds is 5. The molecule has 0 aliphatic carbocycles. The Morgan fingerprint density at radius 1 is 0.967 bits per heavy atom. The van der Waals surface area contributed by atoms with Crippen LogP contribution < -0.4 is 9.64 Å². The zero-order valence-electron chi connectivity index (χ0n) is 16.8. The lowest BCUT2D eigenvalue weighted by molar-refractivity contribution is -0.133. The van der Waals surface area contributed by atoms with E-state index >= 15 is 0 Å². The van der Waals surface area contributed by atoms with Gasteiger partial charge in [0.05, 0.1) is 10.7 Å². The van der Waals surface area contributed by atoms with E-state index in [1.807, 2.05) is 36.4 Å². The number of benzene rings is 2. The number of aromatic nitrogens is 2. The van der Waals surface area contributed by atoms with Gasteiger partial charge in [-0.1, -0.05) is 53.6 Å². The molecule has 0 atom stereocenters. The molecule has 30 heavy (non-hydrogen) atoms. The van der Waals surface area contributed by atoms with E-state index in [-0.39, 0.29) is 12.5 Å². The molecule has 4 rings (SSSR count). The Morgan fingerprint density at radius 2 is 1.70 bits per heavy atom. The first-order valence-electron chi connectivity index (χ1n) is 9.91. The Labute approximate surface area is 181 Å². The first kappa shape index (κ1) is 20.2. The fraction of sp³-hybridized carbons (Fsp3) is 0.261. The maximum absolute atomic E-state index is 12.5. The Balaban J connectivity index is 1.30. The van der Waals surface area contributed by atoms with Crippen LogP contribution in [-0.4, -0.2) is 53.8 Å². The quantitative estimate of drug-likeness (QED) is 0.625. The molecule has 2 aromatic carbocycles. The number of amides is 1. The molecule has 1 saturated heterocycles. The summed E-state index contributed by atoms with van der Waals surface area (Å²) in [6.45, 7) is 4.69. The van der Waals surface area contributed by atoms with Crippen LogP contribution >= 0.6 is 11.6 Å². The van der Waals surface area contributed by atoms with E-state index in [9.17, 15) is 4.79 Å². The van der Waals surface area contributed by atoms with Crippen LogP contribution in [-0.2, 0) is 4.79 Å². The number of piperazine rings is 1. The summed E-state index contributed by atoms with van der Waals surface area (Å²) in [5.41, 5.74) is 3.12. The second-order valence-electron chi connectivity index (χ2n) is 7.23. The first-order valence-corrected chi connectivity index (χ1v) is 10.3. The third-order valence-electron chi connectivity index (χ3n) is 5.14. The van der Waals surface area contributed by atoms with Gasteiger partial charge in [0, 0.05) is 31.7 Å². The lowest BCUT2D eigenvalue weighted by Gasteiger charge is -2.35. The molecule has 154 valence electrons. The highest BCUT2D eigenvalue weighted by Gasteiger charge is 2.22. The lowest BCUT2D eigenvalue weighted by Crippen LogP contribution is -2.50. The molecule has 0 radical (unpaired) electrons. The average Bonchev–Trinajstić information content (AvgIpc) is 2.79. The summed E-state index contributed by atoms with van der Waals surface area (Å²) in [7, 11) is 0. The molecule has 2 heterocycles. The molecule has 1 amide bonds. The molecule has 0 unspecified atom stereocenters. The summed E-state index contributed by atoms with van der Waals surface area (Å²) in [5.74, 6) is 1.30. The monoisotopic (exact) mass is 422 g/mol. The van der Waals surface area contributed by atoms with Crippen molar-refractivity contribution < 1.29 is 9.53 Å². The fourth-order valence-electron chi connectivity index (χ4n) is 3.35. The maximum atomic E-state index is 12.5. The number of ether oxygens (including phenoxy) is 1. The predicted octanol–water partition coefficient (Wildman–Crippen LogP) is 3.83. The van der Waals surface area contributed by atoms with Gasteiger partial charge in [0.15, 0.2) is 12.4 Å². The summed E-state index contributed by atoms with van der Waals surface area (Å²) in [6, 6.07) is 19.4. The molecule has 6 nitrogen and oxygen atoms in total. The van der Waals surface area contributed by atoms with Crippen molar-refractivity contribution in [2.75, 3.05) is 37.7 Å². The second-order valence-corrected chi connectivity index (χ2v) is 7.64. The van der Waals surface area contributed by atoms with Crippen LogP contribution in [0.4, 0.5) is 5.82 Å². The van der Waals surface area contributed by atoms with Crippen LogP contribution in [0.1, 0.15) is 5.56 Å². The number of carbonyl (C=O) groups excluding carboxylic acids is 1. The van der Waals surface area contributed by atoms with Gasteiger partial charge in [-0.05, 0) is 31.2 Å². The SMILES string of the molecule is Cc1ccc(-c2ccc(N3CCN(C(=O)COc4ccccc4Cl)CC3)nn2)cc1. The van der Waals surface area contributed by atoms with Crippen molar-refractivity contribution in [3.63, 3.8) is 0 Å². The van der Waals surface area contributed by atoms with Crippen LogP contribution in [0.3, 0.4) is 0 Å². The van der Waals surface area contributed by atoms with Crippen LogP contribution in [0.5, 0.6) is 5.75 Å². The van der Waals surface area contributed by atoms with Gasteiger partial charge in [0.1, 0.15) is 5.75 Å². The number of anilines is 1. The zero-order chi connectivity index (χ0) is 20.9. The number of carbonyl (C=O) groups is 1. The molecule has 0 N–H and O–H groups in total. The van der Waals surface area contributed by atoms with Crippen LogP contribution in [0.15, 0.2) is 60.7 Å². The number of halogens is 1. The topological polar surface area (TPSA) is 58.6 Å². The van der Waals surface area contributed by atoms with E-state index in [0.717, 1.165) is 17.1 Å². The van der Waals surface area contributed by atoms with Crippen molar-refractivity contribution in [2.45, 2.75) is 6.92 Å². The summed E-state index contributed by atoms with van der Waals surface area (Å²) >= 11 is 6.07. The number of aryl methyl sites for hydroxylation is 1. The number of hydrogen-bond donors (Lipinski definition) is 0. The van der Waals surface area contributed by atoms with E-state index in [1.54, 1.807) is 17.0 Å². The molecule has 0 saturated carbocycles. The van der Waals surface area contributed by atoms with Crippen LogP contribution in [0.2, 0.25) is 5.02 Å². The van der Waals surface area contributed by atoms with E-state index in [2.05, 4.69) is 34.2 Å². The van der Waals surface area contributed by atoms with E-state index in [1.165, 1.54) is 5.56 Å². The average molecular weight is 423 g/mol. The third kappa shape index (κ3) is 4.71. The van der Waals surface area contributed by atoms with Crippen molar-refractivity contribution in [2.24, 2.45) is 0 Å². The Kier molecular flexibility index (Phi) is 6.14. The van der Waals surface area contributed by atoms with Gasteiger partial charge in [-0.25, -0.2) is 0 Å². The molecular weight excluding hydrogens is 400 g/mol. The third-order valence-corrected chi connectivity index (χ3v) is 5.45. The molecule has 0 bridgehead atoms. The predicted molar refractivity (Wildman–Crippen MR) is 118 cm³/mol. The minimum atomic E-state index is -0.0460. The van der Waals surface area contributed by atoms with Gasteiger partial charge in [-0.15, -0.1) is 10.2 Å². The second kappa shape index (κ2) is 9.13. The largest absolute Gasteiger partial charge is 0.482 e. The Bertz CT molecular complexity index is 1000. The Morgan fingerprint density at radius 3 is 2.37 bits per heavy atom. The van der Waals surface area contributed by atoms with Gasteiger partial charge < -0.3 is 14.5 Å². The zero-order valence-corrected chi connectivity index (χ0v) is 17.5. The highest BCUT2D eigenvalue weighted by molar-refractivity contribution is 6.32. The van der Waals surface area contributed by atoms with Crippen molar-refractivity contribution in [1.82, 2.24) is 15.1 Å². The van der Waals surface area contributed by atoms with Gasteiger partial charge in [0.25, 0.3) is 5.91 Å². The van der Waals surface area contributed by atoms with Crippen LogP contribution in [0, 0.1) is 6.92 Å². The molecule has 7 heteroatoms. The minimum Gasteiger partial charge on any atom is -0.482 e. The van der Waals surface area contributed by atoms with Crippen LogP contribution in [0.25, 0.3) is 11.3 Å². The van der Waals surface area contributed by atoms with E-state index in [4.69, 9.17) is 16.3 Å². The summed E-state index contributed by atoms with van der Waals surface area (Å²) < 4.78 is 5.57.